The van der Waals surface area contributed by atoms with Crippen molar-refractivity contribution in [2.24, 2.45) is 5.92 Å². The van der Waals surface area contributed by atoms with Crippen molar-refractivity contribution < 1.29 is 18.7 Å². The van der Waals surface area contributed by atoms with Crippen molar-refractivity contribution in [2.75, 3.05) is 13.7 Å². The van der Waals surface area contributed by atoms with Gasteiger partial charge in [-0.15, -0.1) is 0 Å². The molecule has 1 saturated carbocycles. The van der Waals surface area contributed by atoms with E-state index in [4.69, 9.17) is 9.47 Å². The van der Waals surface area contributed by atoms with Crippen LogP contribution in [0.15, 0.2) is 18.2 Å². The first kappa shape index (κ1) is 17.0. The van der Waals surface area contributed by atoms with Crippen LogP contribution in [0.3, 0.4) is 0 Å². The summed E-state index contributed by atoms with van der Waals surface area (Å²) >= 11 is 0. The second-order valence-corrected chi connectivity index (χ2v) is 6.63. The van der Waals surface area contributed by atoms with Gasteiger partial charge in [0.15, 0.2) is 11.6 Å². The molecule has 0 aromatic heterocycles. The van der Waals surface area contributed by atoms with Gasteiger partial charge in [-0.2, -0.15) is 0 Å². The van der Waals surface area contributed by atoms with E-state index >= 15 is 0 Å². The summed E-state index contributed by atoms with van der Waals surface area (Å²) < 4.78 is 24.4. The molecule has 1 saturated heterocycles. The minimum atomic E-state index is -0.428. The lowest BCUT2D eigenvalue weighted by atomic mass is 9.82. The Bertz CT molecular complexity index is 596. The molecule has 6 heteroatoms. The maximum atomic E-state index is 13.8. The van der Waals surface area contributed by atoms with E-state index in [1.807, 2.05) is 6.92 Å². The Kier molecular flexibility index (Phi) is 5.23. The molecule has 4 atom stereocenters. The Morgan fingerprint density at radius 1 is 1.38 bits per heavy atom. The number of halogens is 1. The van der Waals surface area contributed by atoms with Crippen LogP contribution in [0.1, 0.15) is 44.2 Å². The molecule has 3 rings (SSSR count). The van der Waals surface area contributed by atoms with E-state index in [2.05, 4.69) is 10.6 Å². The topological polar surface area (TPSA) is 59.6 Å². The number of amides is 2. The lowest BCUT2D eigenvalue weighted by molar-refractivity contribution is 0.0549. The monoisotopic (exact) mass is 336 g/mol. The molecule has 2 amide bonds. The molecule has 2 aliphatic rings. The van der Waals surface area contributed by atoms with E-state index in [0.717, 1.165) is 32.3 Å². The second-order valence-electron chi connectivity index (χ2n) is 6.63. The number of nitrogens with one attached hydrogen (secondary N) is 2. The Morgan fingerprint density at radius 3 is 2.96 bits per heavy atom. The quantitative estimate of drug-likeness (QED) is 0.888. The summed E-state index contributed by atoms with van der Waals surface area (Å²) in [6, 6.07) is 4.38. The number of fused-ring (bicyclic) bond motifs is 1. The predicted octanol–water partition coefficient (Wildman–Crippen LogP) is 3.15. The van der Waals surface area contributed by atoms with E-state index in [9.17, 15) is 9.18 Å². The van der Waals surface area contributed by atoms with Crippen molar-refractivity contribution >= 4 is 6.03 Å². The van der Waals surface area contributed by atoms with Gasteiger partial charge in [0.05, 0.1) is 19.3 Å². The molecule has 1 aliphatic heterocycles. The van der Waals surface area contributed by atoms with Gasteiger partial charge in [0.2, 0.25) is 0 Å². The fourth-order valence-electron chi connectivity index (χ4n) is 3.80. The third-order valence-electron chi connectivity index (χ3n) is 5.12. The van der Waals surface area contributed by atoms with Gasteiger partial charge in [-0.3, -0.25) is 0 Å². The summed E-state index contributed by atoms with van der Waals surface area (Å²) in [6.45, 7) is 2.62. The molecule has 1 heterocycles. The maximum absolute atomic E-state index is 13.8. The molecular formula is C18H25FN2O3. The number of carbonyl (C=O) groups is 1. The summed E-state index contributed by atoms with van der Waals surface area (Å²) in [5.41, 5.74) is 0.703. The molecule has 0 spiro atoms. The number of ether oxygens (including phenoxy) is 2. The van der Waals surface area contributed by atoms with Crippen molar-refractivity contribution in [3.63, 3.8) is 0 Å². The number of urea groups is 1. The number of rotatable bonds is 4. The molecule has 2 fully saturated rings. The normalized spacial score (nSPS) is 27.2. The van der Waals surface area contributed by atoms with E-state index in [-0.39, 0.29) is 30.0 Å². The van der Waals surface area contributed by atoms with E-state index in [1.54, 1.807) is 12.1 Å². The van der Waals surface area contributed by atoms with Gasteiger partial charge in [-0.1, -0.05) is 6.07 Å². The zero-order chi connectivity index (χ0) is 17.1. The van der Waals surface area contributed by atoms with Gasteiger partial charge in [0.1, 0.15) is 0 Å². The van der Waals surface area contributed by atoms with Gasteiger partial charge < -0.3 is 20.1 Å². The van der Waals surface area contributed by atoms with Crippen molar-refractivity contribution in [1.82, 2.24) is 10.6 Å². The van der Waals surface area contributed by atoms with Crippen LogP contribution >= 0.6 is 0 Å². The molecule has 5 nitrogen and oxygen atoms in total. The number of hydrogen-bond donors (Lipinski definition) is 2. The fraction of sp³-hybridized carbons (Fsp3) is 0.611. The lowest BCUT2D eigenvalue weighted by Gasteiger charge is -2.33. The summed E-state index contributed by atoms with van der Waals surface area (Å²) in [5, 5.41) is 5.97. The van der Waals surface area contributed by atoms with Crippen molar-refractivity contribution in [3.8, 4) is 5.75 Å². The molecule has 0 bridgehead atoms. The molecule has 1 aliphatic carbocycles. The number of benzene rings is 1. The van der Waals surface area contributed by atoms with Crippen LogP contribution in [0.4, 0.5) is 9.18 Å². The average molecular weight is 336 g/mol. The minimum Gasteiger partial charge on any atom is -0.494 e. The largest absolute Gasteiger partial charge is 0.494 e. The van der Waals surface area contributed by atoms with Crippen LogP contribution in [0.25, 0.3) is 0 Å². The highest BCUT2D eigenvalue weighted by Gasteiger charge is 2.38. The molecule has 0 radical (unpaired) electrons. The first-order valence-electron chi connectivity index (χ1n) is 8.60. The predicted molar refractivity (Wildman–Crippen MR) is 88.5 cm³/mol. The van der Waals surface area contributed by atoms with E-state index in [0.29, 0.717) is 11.5 Å². The molecular weight excluding hydrogens is 311 g/mol. The van der Waals surface area contributed by atoms with Gasteiger partial charge in [0.25, 0.3) is 0 Å². The van der Waals surface area contributed by atoms with Gasteiger partial charge in [-0.05, 0) is 50.3 Å². The van der Waals surface area contributed by atoms with Crippen molar-refractivity contribution in [1.29, 1.82) is 0 Å². The van der Waals surface area contributed by atoms with Gasteiger partial charge >= 0.3 is 6.03 Å². The highest BCUT2D eigenvalue weighted by Crippen LogP contribution is 2.34. The van der Waals surface area contributed by atoms with Gasteiger partial charge in [0, 0.05) is 18.6 Å². The maximum Gasteiger partial charge on any atom is 0.315 e. The summed E-state index contributed by atoms with van der Waals surface area (Å²) in [6.07, 6.45) is 4.45. The Hall–Kier alpha value is -1.82. The number of methoxy groups -OCH3 is 1. The molecule has 0 unspecified atom stereocenters. The van der Waals surface area contributed by atoms with Crippen LogP contribution in [0.5, 0.6) is 5.75 Å². The highest BCUT2D eigenvalue weighted by molar-refractivity contribution is 5.74. The van der Waals surface area contributed by atoms with Gasteiger partial charge in [-0.25, -0.2) is 9.18 Å². The first-order chi connectivity index (χ1) is 11.6. The molecule has 24 heavy (non-hydrogen) atoms. The van der Waals surface area contributed by atoms with Crippen LogP contribution < -0.4 is 15.4 Å². The zero-order valence-corrected chi connectivity index (χ0v) is 14.2. The second kappa shape index (κ2) is 7.38. The summed E-state index contributed by atoms with van der Waals surface area (Å²) in [5.74, 6) is 0.186. The Balaban J connectivity index is 1.57. The zero-order valence-electron chi connectivity index (χ0n) is 14.2. The summed E-state index contributed by atoms with van der Waals surface area (Å²) in [4.78, 5) is 12.3. The third kappa shape index (κ3) is 3.64. The standard InChI is InChI=1S/C18H25FN2O3/c1-11(12-6-7-17(23-2)14(19)10-12)20-18(22)21-15-4-3-5-16-13(15)8-9-24-16/h6-7,10-11,13,15-16H,3-5,8-9H2,1-2H3,(H2,20,21,22)/t11-,13-,15+,16-/m0/s1. The van der Waals surface area contributed by atoms with Crippen molar-refractivity contribution in [2.45, 2.75) is 50.8 Å². The van der Waals surface area contributed by atoms with Crippen molar-refractivity contribution in [3.05, 3.63) is 29.6 Å². The highest BCUT2D eigenvalue weighted by atomic mass is 19.1. The minimum absolute atomic E-state index is 0.158. The number of hydrogen-bond acceptors (Lipinski definition) is 3. The van der Waals surface area contributed by atoms with Crippen LogP contribution in [-0.4, -0.2) is 31.9 Å². The van der Waals surface area contributed by atoms with E-state index in [1.165, 1.54) is 13.2 Å². The SMILES string of the molecule is COc1ccc([C@H](C)NC(=O)N[C@@H]2CCC[C@@H]3OCC[C@H]32)cc1F. The fourth-order valence-corrected chi connectivity index (χ4v) is 3.80. The third-order valence-corrected chi connectivity index (χ3v) is 5.12. The Labute approximate surface area is 141 Å². The van der Waals surface area contributed by atoms with Crippen LogP contribution in [0, 0.1) is 11.7 Å². The first-order valence-corrected chi connectivity index (χ1v) is 8.60. The molecule has 1 aromatic carbocycles. The molecule has 2 N–H and O–H groups in total. The average Bonchev–Trinajstić information content (AvgIpc) is 3.04. The number of carbonyl (C=O) groups excluding carboxylic acids is 1. The van der Waals surface area contributed by atoms with Crippen LogP contribution in [-0.2, 0) is 4.74 Å². The Morgan fingerprint density at radius 2 is 2.21 bits per heavy atom. The molecule has 1 aromatic rings. The molecule has 132 valence electrons. The summed E-state index contributed by atoms with van der Waals surface area (Å²) in [7, 11) is 1.43. The van der Waals surface area contributed by atoms with Crippen LogP contribution in [0.2, 0.25) is 0 Å². The smallest absolute Gasteiger partial charge is 0.315 e. The lowest BCUT2D eigenvalue weighted by Crippen LogP contribution is -2.49. The van der Waals surface area contributed by atoms with E-state index < -0.39 is 5.82 Å².